The summed E-state index contributed by atoms with van der Waals surface area (Å²) < 4.78 is 5.71. The average molecular weight is 351 g/mol. The molecule has 1 amide bonds. The van der Waals surface area contributed by atoms with Crippen LogP contribution < -0.4 is 15.0 Å². The zero-order valence-corrected chi connectivity index (χ0v) is 14.3. The number of benzene rings is 2. The van der Waals surface area contributed by atoms with Crippen LogP contribution in [0.15, 0.2) is 36.4 Å². The van der Waals surface area contributed by atoms with E-state index < -0.39 is 6.10 Å². The number of rotatable bonds is 3. The molecule has 1 N–H and O–H groups in total. The fourth-order valence-electron chi connectivity index (χ4n) is 2.57. The Bertz CT molecular complexity index is 762. The quantitative estimate of drug-likeness (QED) is 0.909. The maximum Gasteiger partial charge on any atom is 0.265 e. The first-order valence-corrected chi connectivity index (χ1v) is 7.92. The molecule has 0 saturated heterocycles. The van der Waals surface area contributed by atoms with E-state index in [0.29, 0.717) is 27.9 Å². The zero-order valence-electron chi connectivity index (χ0n) is 12.8. The largest absolute Gasteiger partial charge is 0.480 e. The van der Waals surface area contributed by atoms with Gasteiger partial charge in [0.2, 0.25) is 0 Å². The third-order valence-electron chi connectivity index (χ3n) is 3.69. The normalized spacial score (nSPS) is 15.7. The molecule has 1 heterocycles. The number of nitrogens with one attached hydrogen (secondary N) is 1. The molecule has 23 heavy (non-hydrogen) atoms. The highest BCUT2D eigenvalue weighted by Gasteiger charge is 2.29. The van der Waals surface area contributed by atoms with Gasteiger partial charge in [0, 0.05) is 30.6 Å². The first-order chi connectivity index (χ1) is 10.9. The lowest BCUT2D eigenvalue weighted by Crippen LogP contribution is -2.32. The highest BCUT2D eigenvalue weighted by atomic mass is 35.5. The van der Waals surface area contributed by atoms with Crippen LogP contribution in [0.25, 0.3) is 0 Å². The molecule has 0 fully saturated rings. The van der Waals surface area contributed by atoms with Gasteiger partial charge in [-0.1, -0.05) is 23.2 Å². The van der Waals surface area contributed by atoms with Crippen molar-refractivity contribution in [2.45, 2.75) is 12.5 Å². The number of halogens is 2. The Kier molecular flexibility index (Phi) is 4.37. The topological polar surface area (TPSA) is 41.6 Å². The van der Waals surface area contributed by atoms with Gasteiger partial charge in [-0.2, -0.15) is 0 Å². The number of carbonyl (C=O) groups is 1. The Morgan fingerprint density at radius 3 is 2.61 bits per heavy atom. The predicted octanol–water partition coefficient (Wildman–Crippen LogP) is 4.00. The van der Waals surface area contributed by atoms with Crippen LogP contribution >= 0.6 is 23.2 Å². The average Bonchev–Trinajstić information content (AvgIpc) is 2.90. The lowest BCUT2D eigenvalue weighted by atomic mass is 10.1. The molecule has 0 radical (unpaired) electrons. The molecule has 2 aromatic rings. The number of carbonyl (C=O) groups excluding carboxylic acids is 1. The highest BCUT2D eigenvalue weighted by Crippen LogP contribution is 2.33. The molecule has 2 aromatic carbocycles. The Morgan fingerprint density at radius 1 is 1.17 bits per heavy atom. The summed E-state index contributed by atoms with van der Waals surface area (Å²) in [6.45, 7) is 0. The van der Waals surface area contributed by atoms with E-state index in [4.69, 9.17) is 27.9 Å². The maximum absolute atomic E-state index is 12.5. The minimum Gasteiger partial charge on any atom is -0.480 e. The van der Waals surface area contributed by atoms with Crippen molar-refractivity contribution >= 4 is 40.5 Å². The van der Waals surface area contributed by atoms with Gasteiger partial charge < -0.3 is 15.0 Å². The van der Waals surface area contributed by atoms with E-state index in [9.17, 15) is 4.79 Å². The molecule has 120 valence electrons. The first kappa shape index (κ1) is 16.0. The molecule has 4 nitrogen and oxygen atoms in total. The van der Waals surface area contributed by atoms with Crippen LogP contribution in [0.2, 0.25) is 10.0 Å². The standard InChI is InChI=1S/C17H16Cl2N2O2/c1-21(2)14-5-3-12(19)9-13(14)20-17(22)16-8-10-7-11(18)4-6-15(10)23-16/h3-7,9,16H,8H2,1-2H3,(H,20,22). The summed E-state index contributed by atoms with van der Waals surface area (Å²) in [6, 6.07) is 10.7. The van der Waals surface area contributed by atoms with E-state index in [1.54, 1.807) is 24.3 Å². The molecule has 3 rings (SSSR count). The van der Waals surface area contributed by atoms with Gasteiger partial charge in [-0.15, -0.1) is 0 Å². The molecule has 1 aliphatic rings. The van der Waals surface area contributed by atoms with Crippen LogP contribution in [-0.2, 0) is 11.2 Å². The van der Waals surface area contributed by atoms with Gasteiger partial charge in [-0.3, -0.25) is 4.79 Å². The van der Waals surface area contributed by atoms with Crippen molar-refractivity contribution in [2.24, 2.45) is 0 Å². The summed E-state index contributed by atoms with van der Waals surface area (Å²) >= 11 is 12.0. The fraction of sp³-hybridized carbons (Fsp3) is 0.235. The SMILES string of the molecule is CN(C)c1ccc(Cl)cc1NC(=O)C1Cc2cc(Cl)ccc2O1. The van der Waals surface area contributed by atoms with E-state index in [2.05, 4.69) is 5.32 Å². The van der Waals surface area contributed by atoms with Crippen LogP contribution in [0.1, 0.15) is 5.56 Å². The maximum atomic E-state index is 12.5. The van der Waals surface area contributed by atoms with Crippen LogP contribution in [0.4, 0.5) is 11.4 Å². The van der Waals surface area contributed by atoms with E-state index in [1.165, 1.54) is 0 Å². The van der Waals surface area contributed by atoms with E-state index >= 15 is 0 Å². The van der Waals surface area contributed by atoms with Gasteiger partial charge in [-0.25, -0.2) is 0 Å². The minimum absolute atomic E-state index is 0.206. The molecule has 0 spiro atoms. The third kappa shape index (κ3) is 3.38. The molecule has 1 aliphatic heterocycles. The van der Waals surface area contributed by atoms with Crippen molar-refractivity contribution < 1.29 is 9.53 Å². The van der Waals surface area contributed by atoms with Crippen molar-refractivity contribution in [1.82, 2.24) is 0 Å². The van der Waals surface area contributed by atoms with E-state index in [0.717, 1.165) is 11.3 Å². The summed E-state index contributed by atoms with van der Waals surface area (Å²) in [4.78, 5) is 14.4. The Labute approximate surface area is 144 Å². The Hall–Kier alpha value is -1.91. The van der Waals surface area contributed by atoms with Crippen molar-refractivity contribution in [1.29, 1.82) is 0 Å². The van der Waals surface area contributed by atoms with E-state index in [1.807, 2.05) is 31.1 Å². The lowest BCUT2D eigenvalue weighted by Gasteiger charge is -2.19. The Morgan fingerprint density at radius 2 is 1.87 bits per heavy atom. The van der Waals surface area contributed by atoms with Gasteiger partial charge >= 0.3 is 0 Å². The zero-order chi connectivity index (χ0) is 16.6. The smallest absolute Gasteiger partial charge is 0.265 e. The predicted molar refractivity (Wildman–Crippen MR) is 94.0 cm³/mol. The summed E-state index contributed by atoms with van der Waals surface area (Å²) in [5.41, 5.74) is 2.47. The molecule has 6 heteroatoms. The summed E-state index contributed by atoms with van der Waals surface area (Å²) in [7, 11) is 3.81. The minimum atomic E-state index is -0.572. The number of nitrogens with zero attached hydrogens (tertiary/aromatic N) is 1. The summed E-state index contributed by atoms with van der Waals surface area (Å²) in [6.07, 6.45) is -0.0722. The summed E-state index contributed by atoms with van der Waals surface area (Å²) in [5.74, 6) is 0.496. The van der Waals surface area contributed by atoms with Crippen LogP contribution in [0, 0.1) is 0 Å². The van der Waals surface area contributed by atoms with Crippen molar-refractivity contribution in [3.05, 3.63) is 52.0 Å². The highest BCUT2D eigenvalue weighted by molar-refractivity contribution is 6.31. The first-order valence-electron chi connectivity index (χ1n) is 7.17. The number of fused-ring (bicyclic) bond motifs is 1. The van der Waals surface area contributed by atoms with Gasteiger partial charge in [0.15, 0.2) is 6.10 Å². The number of anilines is 2. The number of hydrogen-bond acceptors (Lipinski definition) is 3. The lowest BCUT2D eigenvalue weighted by molar-refractivity contribution is -0.122. The number of ether oxygens (including phenoxy) is 1. The molecule has 0 aliphatic carbocycles. The molecule has 1 atom stereocenters. The molecule has 0 bridgehead atoms. The van der Waals surface area contributed by atoms with Gasteiger partial charge in [0.25, 0.3) is 5.91 Å². The fourth-order valence-corrected chi connectivity index (χ4v) is 2.94. The van der Waals surface area contributed by atoms with Crippen LogP contribution in [0.3, 0.4) is 0 Å². The second kappa shape index (κ2) is 6.30. The number of amides is 1. The monoisotopic (exact) mass is 350 g/mol. The van der Waals surface area contributed by atoms with Crippen molar-refractivity contribution in [2.75, 3.05) is 24.3 Å². The molecule has 0 saturated carbocycles. The van der Waals surface area contributed by atoms with E-state index in [-0.39, 0.29) is 5.91 Å². The van der Waals surface area contributed by atoms with Gasteiger partial charge in [0.05, 0.1) is 11.4 Å². The molecule has 0 aromatic heterocycles. The van der Waals surface area contributed by atoms with Gasteiger partial charge in [-0.05, 0) is 42.0 Å². The van der Waals surface area contributed by atoms with Crippen molar-refractivity contribution in [3.8, 4) is 5.75 Å². The molecule has 1 unspecified atom stereocenters. The molecular weight excluding hydrogens is 335 g/mol. The second-order valence-corrected chi connectivity index (χ2v) is 6.48. The van der Waals surface area contributed by atoms with Crippen molar-refractivity contribution in [3.63, 3.8) is 0 Å². The van der Waals surface area contributed by atoms with Crippen LogP contribution in [-0.4, -0.2) is 26.1 Å². The second-order valence-electron chi connectivity index (χ2n) is 5.61. The number of hydrogen-bond donors (Lipinski definition) is 1. The summed E-state index contributed by atoms with van der Waals surface area (Å²) in [5, 5.41) is 4.10. The Balaban J connectivity index is 1.78. The van der Waals surface area contributed by atoms with Crippen LogP contribution in [0.5, 0.6) is 5.75 Å². The van der Waals surface area contributed by atoms with Gasteiger partial charge in [0.1, 0.15) is 5.75 Å². The third-order valence-corrected chi connectivity index (χ3v) is 4.16. The molecular formula is C17H16Cl2N2O2.